The Hall–Kier alpha value is -0.120. The predicted octanol–water partition coefficient (Wildman–Crippen LogP) is 2.04. The van der Waals surface area contributed by atoms with Crippen LogP contribution in [-0.2, 0) is 0 Å². The zero-order valence-electron chi connectivity index (χ0n) is 12.9. The second-order valence-corrected chi connectivity index (χ2v) is 6.01. The van der Waals surface area contributed by atoms with Crippen molar-refractivity contribution in [1.82, 2.24) is 15.1 Å². The number of rotatable bonds is 2. The zero-order chi connectivity index (χ0) is 13.4. The maximum absolute atomic E-state index is 3.44. The van der Waals surface area contributed by atoms with Crippen LogP contribution in [0, 0.1) is 5.92 Å². The average Bonchev–Trinajstić information content (AvgIpc) is 2.35. The molecule has 3 nitrogen and oxygen atoms in total. The molecule has 2 heterocycles. The number of hydrogen-bond acceptors (Lipinski definition) is 3. The second-order valence-electron chi connectivity index (χ2n) is 6.01. The van der Waals surface area contributed by atoms with Gasteiger partial charge >= 0.3 is 0 Å². The van der Waals surface area contributed by atoms with Crippen LogP contribution in [-0.4, -0.2) is 62.2 Å². The predicted molar refractivity (Wildman–Crippen MR) is 80.1 cm³/mol. The molecule has 0 aromatic rings. The van der Waals surface area contributed by atoms with Gasteiger partial charge in [-0.05, 0) is 45.8 Å². The summed E-state index contributed by atoms with van der Waals surface area (Å²) in [7, 11) is 2.23. The number of hydrogen-bond donors (Lipinski definition) is 1. The summed E-state index contributed by atoms with van der Waals surface area (Å²) in [6.45, 7) is 14.2. The summed E-state index contributed by atoms with van der Waals surface area (Å²) in [5, 5.41) is 3.44. The van der Waals surface area contributed by atoms with Crippen molar-refractivity contribution in [3.8, 4) is 0 Å². The lowest BCUT2D eigenvalue weighted by atomic mass is 9.96. The van der Waals surface area contributed by atoms with E-state index in [-0.39, 0.29) is 0 Å². The molecular weight excluding hydrogens is 222 g/mol. The van der Waals surface area contributed by atoms with Crippen molar-refractivity contribution in [1.29, 1.82) is 0 Å². The number of nitrogens with one attached hydrogen (secondary N) is 1. The van der Waals surface area contributed by atoms with Gasteiger partial charge in [-0.25, -0.2) is 0 Å². The van der Waals surface area contributed by atoms with E-state index in [0.717, 1.165) is 12.0 Å². The standard InChI is InChI=1S/C12H25N3.C3H8/c1-11-9-14(2)7-8-15(11)10-12-3-5-13-6-4-12;1-3-2/h11-13H,3-10H2,1-2H3;3H2,1-2H3/t11-;/m1./s1. The molecule has 3 heteroatoms. The first-order valence-corrected chi connectivity index (χ1v) is 7.80. The van der Waals surface area contributed by atoms with Gasteiger partial charge < -0.3 is 10.2 Å². The lowest BCUT2D eigenvalue weighted by molar-refractivity contribution is 0.0792. The van der Waals surface area contributed by atoms with Crippen LogP contribution >= 0.6 is 0 Å². The van der Waals surface area contributed by atoms with Gasteiger partial charge in [0.2, 0.25) is 0 Å². The van der Waals surface area contributed by atoms with E-state index in [0.29, 0.717) is 0 Å². The van der Waals surface area contributed by atoms with Gasteiger partial charge in [0.25, 0.3) is 0 Å². The molecule has 0 radical (unpaired) electrons. The molecule has 0 saturated carbocycles. The molecule has 18 heavy (non-hydrogen) atoms. The van der Waals surface area contributed by atoms with E-state index >= 15 is 0 Å². The topological polar surface area (TPSA) is 18.5 Å². The van der Waals surface area contributed by atoms with Crippen LogP contribution in [0.3, 0.4) is 0 Å². The molecule has 108 valence electrons. The van der Waals surface area contributed by atoms with E-state index < -0.39 is 0 Å². The van der Waals surface area contributed by atoms with Crippen molar-refractivity contribution in [3.05, 3.63) is 0 Å². The summed E-state index contributed by atoms with van der Waals surface area (Å²) >= 11 is 0. The summed E-state index contributed by atoms with van der Waals surface area (Å²) in [6, 6.07) is 0.749. The van der Waals surface area contributed by atoms with Crippen LogP contribution < -0.4 is 5.32 Å². The molecular formula is C15H33N3. The molecule has 0 bridgehead atoms. The van der Waals surface area contributed by atoms with Crippen LogP contribution in [0.5, 0.6) is 0 Å². The van der Waals surface area contributed by atoms with Crippen LogP contribution in [0.15, 0.2) is 0 Å². The molecule has 2 aliphatic rings. The minimum absolute atomic E-state index is 0.749. The molecule has 1 N–H and O–H groups in total. The van der Waals surface area contributed by atoms with E-state index in [1.165, 1.54) is 58.5 Å². The number of nitrogens with zero attached hydrogens (tertiary/aromatic N) is 2. The number of piperidine rings is 1. The largest absolute Gasteiger partial charge is 0.317 e. The molecule has 0 aromatic heterocycles. The van der Waals surface area contributed by atoms with Crippen molar-refractivity contribution in [2.75, 3.05) is 46.3 Å². The molecule has 0 amide bonds. The maximum atomic E-state index is 3.44. The van der Waals surface area contributed by atoms with Crippen LogP contribution in [0.4, 0.5) is 0 Å². The Labute approximate surface area is 114 Å². The van der Waals surface area contributed by atoms with E-state index in [4.69, 9.17) is 0 Å². The van der Waals surface area contributed by atoms with E-state index in [1.807, 2.05) is 0 Å². The normalized spacial score (nSPS) is 27.7. The quantitative estimate of drug-likeness (QED) is 0.814. The van der Waals surface area contributed by atoms with Crippen LogP contribution in [0.2, 0.25) is 0 Å². The Morgan fingerprint density at radius 2 is 1.72 bits per heavy atom. The first kappa shape index (κ1) is 15.9. The highest BCUT2D eigenvalue weighted by atomic mass is 15.3. The fraction of sp³-hybridized carbons (Fsp3) is 1.00. The summed E-state index contributed by atoms with van der Waals surface area (Å²) < 4.78 is 0. The molecule has 0 spiro atoms. The van der Waals surface area contributed by atoms with Gasteiger partial charge in [0, 0.05) is 32.2 Å². The third-order valence-electron chi connectivity index (χ3n) is 3.92. The van der Waals surface area contributed by atoms with E-state index in [2.05, 4.69) is 42.9 Å². The van der Waals surface area contributed by atoms with Gasteiger partial charge in [-0.2, -0.15) is 0 Å². The molecule has 2 fully saturated rings. The Balaban J connectivity index is 0.000000492. The molecule has 0 unspecified atom stereocenters. The first-order chi connectivity index (χ1) is 8.67. The molecule has 2 aliphatic heterocycles. The van der Waals surface area contributed by atoms with Crippen molar-refractivity contribution in [2.45, 2.75) is 46.1 Å². The van der Waals surface area contributed by atoms with Crippen molar-refractivity contribution < 1.29 is 0 Å². The van der Waals surface area contributed by atoms with E-state index in [1.54, 1.807) is 0 Å². The van der Waals surface area contributed by atoms with Crippen molar-refractivity contribution in [3.63, 3.8) is 0 Å². The average molecular weight is 255 g/mol. The highest BCUT2D eigenvalue weighted by Gasteiger charge is 2.24. The minimum Gasteiger partial charge on any atom is -0.317 e. The summed E-state index contributed by atoms with van der Waals surface area (Å²) in [5.41, 5.74) is 0. The lowest BCUT2D eigenvalue weighted by Crippen LogP contribution is -2.52. The minimum atomic E-state index is 0.749. The Bertz CT molecular complexity index is 202. The Kier molecular flexibility index (Phi) is 7.87. The van der Waals surface area contributed by atoms with Crippen molar-refractivity contribution in [2.24, 2.45) is 5.92 Å². The van der Waals surface area contributed by atoms with Gasteiger partial charge in [0.15, 0.2) is 0 Å². The summed E-state index contributed by atoms with van der Waals surface area (Å²) in [5.74, 6) is 0.942. The summed E-state index contributed by atoms with van der Waals surface area (Å²) in [6.07, 6.45) is 4.00. The highest BCUT2D eigenvalue weighted by Crippen LogP contribution is 2.17. The summed E-state index contributed by atoms with van der Waals surface area (Å²) in [4.78, 5) is 5.14. The molecule has 2 saturated heterocycles. The van der Waals surface area contributed by atoms with Gasteiger partial charge in [0.05, 0.1) is 0 Å². The third-order valence-corrected chi connectivity index (χ3v) is 3.92. The van der Waals surface area contributed by atoms with Gasteiger partial charge in [0.1, 0.15) is 0 Å². The smallest absolute Gasteiger partial charge is 0.0195 e. The number of piperazine rings is 1. The fourth-order valence-electron chi connectivity index (χ4n) is 2.84. The SMILES string of the molecule is CCC.C[C@@H]1CN(C)CCN1CC1CCNCC1. The van der Waals surface area contributed by atoms with Crippen molar-refractivity contribution >= 4 is 0 Å². The van der Waals surface area contributed by atoms with Gasteiger partial charge in [-0.3, -0.25) is 4.90 Å². The lowest BCUT2D eigenvalue weighted by Gasteiger charge is -2.40. The van der Waals surface area contributed by atoms with Gasteiger partial charge in [-0.15, -0.1) is 0 Å². The molecule has 2 rings (SSSR count). The van der Waals surface area contributed by atoms with Crippen LogP contribution in [0.25, 0.3) is 0 Å². The first-order valence-electron chi connectivity index (χ1n) is 7.80. The molecule has 0 aromatic carbocycles. The fourth-order valence-corrected chi connectivity index (χ4v) is 2.84. The van der Waals surface area contributed by atoms with E-state index in [9.17, 15) is 0 Å². The zero-order valence-corrected chi connectivity index (χ0v) is 12.9. The highest BCUT2D eigenvalue weighted by molar-refractivity contribution is 4.80. The molecule has 0 aliphatic carbocycles. The number of likely N-dealkylation sites (N-methyl/N-ethyl adjacent to an activating group) is 1. The third kappa shape index (κ3) is 5.68. The van der Waals surface area contributed by atoms with Crippen LogP contribution in [0.1, 0.15) is 40.0 Å². The van der Waals surface area contributed by atoms with Gasteiger partial charge in [-0.1, -0.05) is 20.3 Å². The Morgan fingerprint density at radius 1 is 1.11 bits per heavy atom. The monoisotopic (exact) mass is 255 g/mol. The maximum Gasteiger partial charge on any atom is 0.0195 e. The molecule has 1 atom stereocenters. The Morgan fingerprint density at radius 3 is 2.28 bits per heavy atom. The second kappa shape index (κ2) is 8.89.